The van der Waals surface area contributed by atoms with Crippen molar-refractivity contribution in [2.45, 2.75) is 39.2 Å². The van der Waals surface area contributed by atoms with Gasteiger partial charge in [0.25, 0.3) is 0 Å². The predicted octanol–water partition coefficient (Wildman–Crippen LogP) is 1.56. The lowest BCUT2D eigenvalue weighted by Crippen LogP contribution is -2.31. The molecule has 59 valence electrons. The molecular formula is C7H15N2O. The van der Waals surface area contributed by atoms with Gasteiger partial charge in [0.1, 0.15) is 0 Å². The number of carbonyl (C=O) groups is 1. The zero-order chi connectivity index (χ0) is 7.98. The molecule has 0 aliphatic rings. The summed E-state index contributed by atoms with van der Waals surface area (Å²) in [6.45, 7) is 4.03. The van der Waals surface area contributed by atoms with E-state index in [0.717, 1.165) is 19.3 Å². The average molecular weight is 143 g/mol. The third kappa shape index (κ3) is 5.41. The summed E-state index contributed by atoms with van der Waals surface area (Å²) in [6.07, 6.45) is 3.22. The average Bonchev–Trinajstić information content (AvgIpc) is 1.82. The molecule has 2 N–H and O–H groups in total. The monoisotopic (exact) mass is 143 g/mol. The minimum atomic E-state index is -0.677. The molecule has 0 bridgehead atoms. The first-order valence-electron chi connectivity index (χ1n) is 3.69. The van der Waals surface area contributed by atoms with Crippen LogP contribution < -0.4 is 11.1 Å². The Labute approximate surface area is 62.0 Å². The second-order valence-corrected chi connectivity index (χ2v) is 2.52. The Morgan fingerprint density at radius 3 is 2.70 bits per heavy atom. The van der Waals surface area contributed by atoms with Crippen molar-refractivity contribution in [3.05, 3.63) is 0 Å². The van der Waals surface area contributed by atoms with Crippen molar-refractivity contribution >= 4 is 6.03 Å². The molecule has 0 aliphatic carbocycles. The molecule has 3 heteroatoms. The van der Waals surface area contributed by atoms with Crippen molar-refractivity contribution in [2.75, 3.05) is 0 Å². The van der Waals surface area contributed by atoms with Gasteiger partial charge >= 0.3 is 6.03 Å². The lowest BCUT2D eigenvalue weighted by atomic mass is 10.1. The van der Waals surface area contributed by atoms with E-state index in [4.69, 9.17) is 5.73 Å². The number of amides is 2. The van der Waals surface area contributed by atoms with Crippen molar-refractivity contribution in [3.8, 4) is 0 Å². The lowest BCUT2D eigenvalue weighted by Gasteiger charge is -2.09. The summed E-state index contributed by atoms with van der Waals surface area (Å²) in [5.74, 6) is 0. The summed E-state index contributed by atoms with van der Waals surface area (Å²) < 4.78 is 0. The van der Waals surface area contributed by atoms with Gasteiger partial charge in [-0.3, -0.25) is 0 Å². The molecule has 10 heavy (non-hydrogen) atoms. The van der Waals surface area contributed by atoms with E-state index in [2.05, 4.69) is 12.2 Å². The summed E-state index contributed by atoms with van der Waals surface area (Å²) in [7, 11) is 0. The molecule has 2 amide bonds. The van der Waals surface area contributed by atoms with Gasteiger partial charge in [-0.15, -0.1) is 0 Å². The van der Waals surface area contributed by atoms with E-state index in [-0.39, 0.29) is 6.04 Å². The fourth-order valence-electron chi connectivity index (χ4n) is 0.806. The smallest absolute Gasteiger partial charge is 0.333 e. The van der Waals surface area contributed by atoms with Crippen LogP contribution in [0.25, 0.3) is 0 Å². The summed E-state index contributed by atoms with van der Waals surface area (Å²) in [5.41, 5.74) is 6.59. The van der Waals surface area contributed by atoms with E-state index in [0.29, 0.717) is 0 Å². The van der Waals surface area contributed by atoms with Crippen LogP contribution in [0.4, 0.5) is 4.79 Å². The molecule has 0 spiro atoms. The van der Waals surface area contributed by atoms with Crippen LogP contribution in [0, 0.1) is 0 Å². The minimum Gasteiger partial charge on any atom is -0.334 e. The van der Waals surface area contributed by atoms with Crippen molar-refractivity contribution in [3.63, 3.8) is 0 Å². The lowest BCUT2D eigenvalue weighted by molar-refractivity contribution is 0.244. The molecule has 1 unspecified atom stereocenters. The van der Waals surface area contributed by atoms with Gasteiger partial charge in [-0.25, -0.2) is 10.5 Å². The number of carbonyl (C=O) groups excluding carboxylic acids is 1. The third-order valence-electron chi connectivity index (χ3n) is 1.37. The molecule has 1 radical (unpaired) electrons. The van der Waals surface area contributed by atoms with Gasteiger partial charge in [0.05, 0.1) is 0 Å². The van der Waals surface area contributed by atoms with Gasteiger partial charge in [-0.2, -0.15) is 0 Å². The van der Waals surface area contributed by atoms with Gasteiger partial charge in [0, 0.05) is 6.04 Å². The van der Waals surface area contributed by atoms with Crippen LogP contribution in [0.3, 0.4) is 0 Å². The maximum absolute atomic E-state index is 10.2. The Hall–Kier alpha value is -0.730. The van der Waals surface area contributed by atoms with Crippen LogP contribution in [-0.2, 0) is 0 Å². The summed E-state index contributed by atoms with van der Waals surface area (Å²) in [6, 6.07) is -0.520. The Bertz CT molecular complexity index is 104. The fourth-order valence-corrected chi connectivity index (χ4v) is 0.806. The Morgan fingerprint density at radius 2 is 2.30 bits per heavy atom. The Kier molecular flexibility index (Phi) is 4.72. The summed E-state index contributed by atoms with van der Waals surface area (Å²) in [4.78, 5) is 10.2. The Balaban J connectivity index is 3.25. The number of unbranched alkanes of at least 4 members (excludes halogenated alkanes) is 1. The Morgan fingerprint density at radius 1 is 1.70 bits per heavy atom. The first-order valence-corrected chi connectivity index (χ1v) is 3.69. The first kappa shape index (κ1) is 9.27. The molecule has 0 aliphatic heterocycles. The molecule has 0 rings (SSSR count). The fraction of sp³-hybridized carbons (Fsp3) is 0.857. The highest BCUT2D eigenvalue weighted by Gasteiger charge is 2.01. The normalized spacial score (nSPS) is 12.6. The molecular weight excluding hydrogens is 128 g/mol. The number of hydrogen-bond donors (Lipinski definition) is 1. The van der Waals surface area contributed by atoms with Gasteiger partial charge < -0.3 is 5.32 Å². The molecule has 0 saturated carbocycles. The zero-order valence-electron chi connectivity index (χ0n) is 6.61. The van der Waals surface area contributed by atoms with E-state index in [1.807, 2.05) is 6.92 Å². The largest absolute Gasteiger partial charge is 0.334 e. The summed E-state index contributed by atoms with van der Waals surface area (Å²) >= 11 is 0. The third-order valence-corrected chi connectivity index (χ3v) is 1.37. The molecule has 1 atom stereocenters. The van der Waals surface area contributed by atoms with Crippen LogP contribution in [0.2, 0.25) is 0 Å². The van der Waals surface area contributed by atoms with Crippen molar-refractivity contribution < 1.29 is 4.79 Å². The molecule has 0 aromatic carbocycles. The molecule has 0 fully saturated rings. The van der Waals surface area contributed by atoms with E-state index in [1.54, 1.807) is 0 Å². The highest BCUT2D eigenvalue weighted by Crippen LogP contribution is 1.98. The first-order chi connectivity index (χ1) is 4.66. The van der Waals surface area contributed by atoms with Gasteiger partial charge in [-0.05, 0) is 13.3 Å². The minimum absolute atomic E-state index is 0.157. The van der Waals surface area contributed by atoms with Gasteiger partial charge in [-0.1, -0.05) is 19.8 Å². The number of hydrogen-bond acceptors (Lipinski definition) is 1. The van der Waals surface area contributed by atoms with E-state index < -0.39 is 6.03 Å². The van der Waals surface area contributed by atoms with Crippen LogP contribution in [0.1, 0.15) is 33.1 Å². The second-order valence-electron chi connectivity index (χ2n) is 2.52. The maximum Gasteiger partial charge on any atom is 0.333 e. The maximum atomic E-state index is 10.2. The molecule has 0 heterocycles. The van der Waals surface area contributed by atoms with Crippen molar-refractivity contribution in [2.24, 2.45) is 0 Å². The van der Waals surface area contributed by atoms with Crippen molar-refractivity contribution in [1.29, 1.82) is 0 Å². The second kappa shape index (κ2) is 5.09. The van der Waals surface area contributed by atoms with Gasteiger partial charge in [0.2, 0.25) is 0 Å². The SMILES string of the molecule is CCCCC(C)NC([NH])=O. The van der Waals surface area contributed by atoms with Crippen LogP contribution in [0.15, 0.2) is 0 Å². The molecule has 0 saturated heterocycles. The molecule has 0 aromatic heterocycles. The van der Waals surface area contributed by atoms with Crippen LogP contribution in [0.5, 0.6) is 0 Å². The zero-order valence-corrected chi connectivity index (χ0v) is 6.61. The highest BCUT2D eigenvalue weighted by atomic mass is 16.2. The van der Waals surface area contributed by atoms with Crippen LogP contribution in [-0.4, -0.2) is 12.1 Å². The van der Waals surface area contributed by atoms with E-state index in [9.17, 15) is 4.79 Å². The number of rotatable bonds is 4. The number of urea groups is 1. The molecule has 3 nitrogen and oxygen atoms in total. The number of nitrogens with one attached hydrogen (secondary N) is 2. The van der Waals surface area contributed by atoms with E-state index in [1.165, 1.54) is 0 Å². The topological polar surface area (TPSA) is 52.9 Å². The quantitative estimate of drug-likeness (QED) is 0.637. The predicted molar refractivity (Wildman–Crippen MR) is 40.6 cm³/mol. The van der Waals surface area contributed by atoms with E-state index >= 15 is 0 Å². The standard InChI is InChI=1S/C7H15N2O/c1-3-4-5-6(2)9-7(8)10/h6,8H,3-5H2,1-2H3,(H,9,10). The van der Waals surface area contributed by atoms with Crippen molar-refractivity contribution in [1.82, 2.24) is 11.1 Å². The molecule has 0 aromatic rings. The highest BCUT2D eigenvalue weighted by molar-refractivity contribution is 5.70. The summed E-state index contributed by atoms with van der Waals surface area (Å²) in [5, 5.41) is 2.51. The van der Waals surface area contributed by atoms with Gasteiger partial charge in [0.15, 0.2) is 0 Å². The van der Waals surface area contributed by atoms with Crippen LogP contribution >= 0.6 is 0 Å².